The molecule has 1 heterocycles. The Morgan fingerprint density at radius 2 is 2.20 bits per heavy atom. The number of benzene rings is 1. The molecule has 0 aromatic heterocycles. The van der Waals surface area contributed by atoms with E-state index < -0.39 is 10.0 Å². The minimum absolute atomic E-state index is 0.0443. The molecule has 1 saturated heterocycles. The Kier molecular flexibility index (Phi) is 4.90. The number of ether oxygens (including phenoxy) is 1. The summed E-state index contributed by atoms with van der Waals surface area (Å²) in [4.78, 5) is 0.162. The highest BCUT2D eigenvalue weighted by molar-refractivity contribution is 7.89. The molecular weight excluding hydrogens is 300 g/mol. The summed E-state index contributed by atoms with van der Waals surface area (Å²) in [6, 6.07) is 4.74. The zero-order chi connectivity index (χ0) is 14.8. The molecule has 1 fully saturated rings. The number of hydrogen-bond acceptors (Lipinski definition) is 4. The van der Waals surface area contributed by atoms with Crippen molar-refractivity contribution in [2.24, 2.45) is 0 Å². The lowest BCUT2D eigenvalue weighted by Crippen LogP contribution is -2.46. The number of sulfonamides is 1. The van der Waals surface area contributed by atoms with Crippen LogP contribution in [0.2, 0.25) is 5.02 Å². The first kappa shape index (κ1) is 15.6. The van der Waals surface area contributed by atoms with Gasteiger partial charge in [0.2, 0.25) is 10.0 Å². The molecule has 1 aromatic carbocycles. The van der Waals surface area contributed by atoms with E-state index in [-0.39, 0.29) is 16.0 Å². The number of piperidine rings is 1. The van der Waals surface area contributed by atoms with Crippen LogP contribution in [-0.2, 0) is 10.0 Å². The fourth-order valence-electron chi connectivity index (χ4n) is 2.34. The molecule has 0 aliphatic carbocycles. The Morgan fingerprint density at radius 3 is 2.80 bits per heavy atom. The molecule has 2 N–H and O–H groups in total. The molecule has 0 amide bonds. The molecule has 2 atom stereocenters. The van der Waals surface area contributed by atoms with Crippen LogP contribution < -0.4 is 14.8 Å². The van der Waals surface area contributed by atoms with Gasteiger partial charge in [-0.1, -0.05) is 11.6 Å². The van der Waals surface area contributed by atoms with Gasteiger partial charge in [0.15, 0.2) is 0 Å². The summed E-state index contributed by atoms with van der Waals surface area (Å²) in [6.45, 7) is 2.86. The third kappa shape index (κ3) is 3.63. The summed E-state index contributed by atoms with van der Waals surface area (Å²) in [5.41, 5.74) is 0. The first-order valence-electron chi connectivity index (χ1n) is 6.51. The highest BCUT2D eigenvalue weighted by atomic mass is 35.5. The van der Waals surface area contributed by atoms with Gasteiger partial charge in [-0.25, -0.2) is 13.1 Å². The van der Waals surface area contributed by atoms with Crippen LogP contribution in [0.4, 0.5) is 0 Å². The molecule has 5 nitrogen and oxygen atoms in total. The van der Waals surface area contributed by atoms with Gasteiger partial charge in [-0.15, -0.1) is 0 Å². The molecule has 20 heavy (non-hydrogen) atoms. The van der Waals surface area contributed by atoms with Gasteiger partial charge < -0.3 is 10.1 Å². The van der Waals surface area contributed by atoms with Gasteiger partial charge in [0.1, 0.15) is 5.75 Å². The van der Waals surface area contributed by atoms with Crippen molar-refractivity contribution in [3.8, 4) is 5.75 Å². The van der Waals surface area contributed by atoms with Crippen molar-refractivity contribution >= 4 is 21.6 Å². The maximum absolute atomic E-state index is 12.3. The fourth-order valence-corrected chi connectivity index (χ4v) is 3.97. The molecule has 0 spiro atoms. The van der Waals surface area contributed by atoms with Gasteiger partial charge in [0.05, 0.1) is 17.0 Å². The van der Waals surface area contributed by atoms with E-state index in [0.717, 1.165) is 19.4 Å². The van der Waals surface area contributed by atoms with E-state index in [9.17, 15) is 8.42 Å². The molecule has 112 valence electrons. The summed E-state index contributed by atoms with van der Waals surface area (Å²) in [7, 11) is -2.06. The van der Waals surface area contributed by atoms with Crippen molar-refractivity contribution < 1.29 is 13.2 Å². The molecule has 0 bridgehead atoms. The van der Waals surface area contributed by atoms with Crippen molar-refractivity contribution in [3.05, 3.63) is 23.2 Å². The van der Waals surface area contributed by atoms with E-state index in [2.05, 4.69) is 10.0 Å². The van der Waals surface area contributed by atoms with Crippen LogP contribution in [0.1, 0.15) is 19.8 Å². The Balaban J connectivity index is 2.15. The molecular formula is C13H19ClN2O3S. The van der Waals surface area contributed by atoms with Crippen LogP contribution in [0.15, 0.2) is 23.1 Å². The molecule has 0 radical (unpaired) electrons. The third-order valence-corrected chi connectivity index (χ3v) is 5.19. The summed E-state index contributed by atoms with van der Waals surface area (Å²) in [5.74, 6) is 0.459. The first-order valence-corrected chi connectivity index (χ1v) is 8.38. The van der Waals surface area contributed by atoms with Crippen molar-refractivity contribution in [2.45, 2.75) is 36.7 Å². The minimum atomic E-state index is -3.55. The number of nitrogens with one attached hydrogen (secondary N) is 2. The van der Waals surface area contributed by atoms with Crippen LogP contribution in [-0.4, -0.2) is 34.2 Å². The third-order valence-electron chi connectivity index (χ3n) is 3.38. The van der Waals surface area contributed by atoms with Gasteiger partial charge in [0, 0.05) is 12.1 Å². The molecule has 7 heteroatoms. The van der Waals surface area contributed by atoms with E-state index in [4.69, 9.17) is 16.3 Å². The Labute approximate surface area is 124 Å². The zero-order valence-corrected chi connectivity index (χ0v) is 13.1. The van der Waals surface area contributed by atoms with Gasteiger partial charge >= 0.3 is 0 Å². The number of rotatable bonds is 4. The number of methoxy groups -OCH3 is 1. The molecule has 1 aromatic rings. The Morgan fingerprint density at radius 1 is 1.45 bits per heavy atom. The van der Waals surface area contributed by atoms with Crippen molar-refractivity contribution in [1.29, 1.82) is 0 Å². The lowest BCUT2D eigenvalue weighted by atomic mass is 10.0. The Bertz CT molecular complexity index is 577. The van der Waals surface area contributed by atoms with Gasteiger partial charge in [-0.3, -0.25) is 0 Å². The average molecular weight is 319 g/mol. The van der Waals surface area contributed by atoms with E-state index in [1.807, 2.05) is 6.92 Å². The SMILES string of the molecule is COc1ccc(S(=O)(=O)NC2CCNC(C)C2)cc1Cl. The second kappa shape index (κ2) is 6.30. The standard InChI is InChI=1S/C13H19ClN2O3S/c1-9-7-10(5-6-15-9)16-20(17,18)11-3-4-13(19-2)12(14)8-11/h3-4,8-10,15-16H,5-7H2,1-2H3. The minimum Gasteiger partial charge on any atom is -0.495 e. The molecule has 1 aliphatic heterocycles. The first-order chi connectivity index (χ1) is 9.42. The highest BCUT2D eigenvalue weighted by Crippen LogP contribution is 2.27. The number of hydrogen-bond donors (Lipinski definition) is 2. The maximum atomic E-state index is 12.3. The number of halogens is 1. The van der Waals surface area contributed by atoms with Crippen molar-refractivity contribution in [2.75, 3.05) is 13.7 Å². The second-order valence-electron chi connectivity index (χ2n) is 4.99. The van der Waals surface area contributed by atoms with E-state index >= 15 is 0 Å². The lowest BCUT2D eigenvalue weighted by Gasteiger charge is -2.28. The van der Waals surface area contributed by atoms with Gasteiger partial charge in [0.25, 0.3) is 0 Å². The molecule has 1 aliphatic rings. The van der Waals surface area contributed by atoms with Crippen LogP contribution >= 0.6 is 11.6 Å². The zero-order valence-electron chi connectivity index (χ0n) is 11.5. The van der Waals surface area contributed by atoms with Gasteiger partial charge in [-0.05, 0) is 44.5 Å². The summed E-state index contributed by atoms with van der Waals surface area (Å²) < 4.78 is 32.4. The summed E-state index contributed by atoms with van der Waals surface area (Å²) in [6.07, 6.45) is 1.57. The molecule has 2 unspecified atom stereocenters. The van der Waals surface area contributed by atoms with Crippen LogP contribution in [0, 0.1) is 0 Å². The van der Waals surface area contributed by atoms with Gasteiger partial charge in [-0.2, -0.15) is 0 Å². The maximum Gasteiger partial charge on any atom is 0.240 e. The molecule has 2 rings (SSSR count). The monoisotopic (exact) mass is 318 g/mol. The normalized spacial score (nSPS) is 23.6. The van der Waals surface area contributed by atoms with E-state index in [1.54, 1.807) is 6.07 Å². The van der Waals surface area contributed by atoms with Crippen LogP contribution in [0.25, 0.3) is 0 Å². The summed E-state index contributed by atoms with van der Waals surface area (Å²) >= 11 is 5.97. The predicted octanol–water partition coefficient (Wildman–Crippen LogP) is 1.77. The summed E-state index contributed by atoms with van der Waals surface area (Å²) in [5, 5.41) is 3.58. The highest BCUT2D eigenvalue weighted by Gasteiger charge is 2.24. The van der Waals surface area contributed by atoms with Crippen molar-refractivity contribution in [1.82, 2.24) is 10.0 Å². The molecule has 0 saturated carbocycles. The van der Waals surface area contributed by atoms with Crippen LogP contribution in [0.5, 0.6) is 5.75 Å². The van der Waals surface area contributed by atoms with Crippen molar-refractivity contribution in [3.63, 3.8) is 0 Å². The quantitative estimate of drug-likeness (QED) is 0.888. The second-order valence-corrected chi connectivity index (χ2v) is 7.12. The van der Waals surface area contributed by atoms with E-state index in [1.165, 1.54) is 19.2 Å². The topological polar surface area (TPSA) is 67.4 Å². The largest absolute Gasteiger partial charge is 0.495 e. The van der Waals surface area contributed by atoms with Crippen LogP contribution in [0.3, 0.4) is 0 Å². The lowest BCUT2D eigenvalue weighted by molar-refractivity contribution is 0.361. The average Bonchev–Trinajstić information content (AvgIpc) is 2.38. The fraction of sp³-hybridized carbons (Fsp3) is 0.538. The van der Waals surface area contributed by atoms with E-state index in [0.29, 0.717) is 11.8 Å². The predicted molar refractivity (Wildman–Crippen MR) is 78.8 cm³/mol. The Hall–Kier alpha value is -0.820. The smallest absolute Gasteiger partial charge is 0.240 e.